The Balaban J connectivity index is 1.70. The van der Waals surface area contributed by atoms with Gasteiger partial charge in [0.15, 0.2) is 0 Å². The minimum absolute atomic E-state index is 0.385. The first-order valence-corrected chi connectivity index (χ1v) is 6.54. The molecule has 0 saturated carbocycles. The van der Waals surface area contributed by atoms with Crippen molar-refractivity contribution in [3.8, 4) is 0 Å². The van der Waals surface area contributed by atoms with Crippen LogP contribution in [0, 0.1) is 0 Å². The van der Waals surface area contributed by atoms with Crippen LogP contribution >= 0.6 is 0 Å². The first-order valence-electron chi connectivity index (χ1n) is 6.54. The first-order chi connectivity index (χ1) is 9.35. The van der Waals surface area contributed by atoms with Gasteiger partial charge in [0.1, 0.15) is 0 Å². The summed E-state index contributed by atoms with van der Waals surface area (Å²) in [6.07, 6.45) is 4.88. The molecule has 1 atom stereocenters. The van der Waals surface area contributed by atoms with Gasteiger partial charge in [-0.15, -0.1) is 0 Å². The second-order valence-corrected chi connectivity index (χ2v) is 4.93. The number of anilines is 1. The van der Waals surface area contributed by atoms with E-state index in [0.717, 1.165) is 36.1 Å². The highest BCUT2D eigenvalue weighted by atomic mass is 16.1. The van der Waals surface area contributed by atoms with E-state index in [4.69, 9.17) is 0 Å². The van der Waals surface area contributed by atoms with Gasteiger partial charge in [0.25, 0.3) is 0 Å². The molecule has 1 fully saturated rings. The van der Waals surface area contributed by atoms with Gasteiger partial charge < -0.3 is 5.32 Å². The topological polar surface area (TPSA) is 45.2 Å². The molecule has 2 heterocycles. The van der Waals surface area contributed by atoms with Crippen LogP contribution in [0.5, 0.6) is 0 Å². The highest BCUT2D eigenvalue weighted by Gasteiger charge is 2.21. The minimum Gasteiger partial charge on any atom is -0.380 e. The van der Waals surface area contributed by atoms with E-state index in [1.807, 2.05) is 30.7 Å². The second-order valence-electron chi connectivity index (χ2n) is 4.93. The molecule has 0 bridgehead atoms. The molecule has 1 aromatic carbocycles. The Morgan fingerprint density at radius 3 is 3.21 bits per heavy atom. The van der Waals surface area contributed by atoms with E-state index in [-0.39, 0.29) is 0 Å². The molecule has 2 aromatic rings. The zero-order chi connectivity index (χ0) is 13.1. The standard InChI is InChI=1S/C15H16N3O/c19-8-7-18-6-5-13(11-18)17-14-9-12-3-1-2-4-15(12)16-10-14/h1-4,9-10,13,17H,5-7,11H2/t13-/m0/s1. The largest absolute Gasteiger partial charge is 0.380 e. The number of para-hydroxylation sites is 1. The lowest BCUT2D eigenvalue weighted by atomic mass is 10.2. The van der Waals surface area contributed by atoms with Crippen LogP contribution in [0.2, 0.25) is 0 Å². The highest BCUT2D eigenvalue weighted by molar-refractivity contribution is 5.81. The fourth-order valence-electron chi connectivity index (χ4n) is 2.57. The number of nitrogens with one attached hydrogen (secondary N) is 1. The normalized spacial score (nSPS) is 19.7. The number of nitrogens with zero attached hydrogens (tertiary/aromatic N) is 2. The van der Waals surface area contributed by atoms with Gasteiger partial charge in [0, 0.05) is 24.5 Å². The predicted octanol–water partition coefficient (Wildman–Crippen LogP) is 1.83. The lowest BCUT2D eigenvalue weighted by molar-refractivity contribution is 0.375. The van der Waals surface area contributed by atoms with E-state index in [2.05, 4.69) is 27.3 Å². The maximum atomic E-state index is 10.4. The zero-order valence-corrected chi connectivity index (χ0v) is 10.7. The molecule has 0 amide bonds. The first kappa shape index (κ1) is 12.1. The maximum absolute atomic E-state index is 10.4. The summed E-state index contributed by atoms with van der Waals surface area (Å²) in [7, 11) is 0. The van der Waals surface area contributed by atoms with Gasteiger partial charge in [-0.3, -0.25) is 14.7 Å². The van der Waals surface area contributed by atoms with Crippen molar-refractivity contribution in [1.82, 2.24) is 9.88 Å². The molecular formula is C15H16N3O. The van der Waals surface area contributed by atoms with Gasteiger partial charge in [0.05, 0.1) is 23.9 Å². The van der Waals surface area contributed by atoms with Crippen LogP contribution in [0.25, 0.3) is 10.9 Å². The van der Waals surface area contributed by atoms with Gasteiger partial charge in [-0.05, 0) is 18.6 Å². The van der Waals surface area contributed by atoms with Crippen molar-refractivity contribution in [2.75, 3.05) is 25.0 Å². The molecule has 3 rings (SSSR count). The monoisotopic (exact) mass is 254 g/mol. The predicted molar refractivity (Wildman–Crippen MR) is 75.9 cm³/mol. The van der Waals surface area contributed by atoms with Crippen molar-refractivity contribution in [3.63, 3.8) is 0 Å². The average Bonchev–Trinajstić information content (AvgIpc) is 2.86. The molecule has 4 heteroatoms. The smallest absolute Gasteiger partial charge is 0.213 e. The number of fused-ring (bicyclic) bond motifs is 1. The SMILES string of the molecule is O=[C]CN1CC[C@H](Nc2cnc3ccccc3c2)C1. The van der Waals surface area contributed by atoms with Crippen LogP contribution in [0.4, 0.5) is 5.69 Å². The fourth-order valence-corrected chi connectivity index (χ4v) is 2.57. The van der Waals surface area contributed by atoms with Gasteiger partial charge in [0.2, 0.25) is 6.29 Å². The molecule has 1 aliphatic rings. The van der Waals surface area contributed by atoms with Crippen LogP contribution in [0.15, 0.2) is 36.5 Å². The fraction of sp³-hybridized carbons (Fsp3) is 0.333. The highest BCUT2D eigenvalue weighted by Crippen LogP contribution is 2.19. The summed E-state index contributed by atoms with van der Waals surface area (Å²) >= 11 is 0. The van der Waals surface area contributed by atoms with E-state index in [1.165, 1.54) is 0 Å². The molecule has 1 saturated heterocycles. The van der Waals surface area contributed by atoms with Gasteiger partial charge >= 0.3 is 0 Å². The Hall–Kier alpha value is -1.94. The summed E-state index contributed by atoms with van der Waals surface area (Å²) in [5, 5.41) is 4.63. The van der Waals surface area contributed by atoms with Crippen molar-refractivity contribution < 1.29 is 4.79 Å². The molecule has 0 unspecified atom stereocenters. The third-order valence-corrected chi connectivity index (χ3v) is 3.52. The quantitative estimate of drug-likeness (QED) is 0.904. The summed E-state index contributed by atoms with van der Waals surface area (Å²) < 4.78 is 0. The van der Waals surface area contributed by atoms with E-state index in [9.17, 15) is 4.79 Å². The summed E-state index contributed by atoms with van der Waals surface area (Å²) in [6.45, 7) is 2.25. The molecule has 19 heavy (non-hydrogen) atoms. The van der Waals surface area contributed by atoms with Crippen molar-refractivity contribution in [2.24, 2.45) is 0 Å². The number of carbonyl (C=O) groups excluding carboxylic acids is 1. The Labute approximate surface area is 112 Å². The maximum Gasteiger partial charge on any atom is 0.213 e. The average molecular weight is 254 g/mol. The Bertz CT molecular complexity index is 584. The molecule has 0 spiro atoms. The van der Waals surface area contributed by atoms with Crippen LogP contribution in [0.1, 0.15) is 6.42 Å². The lowest BCUT2D eigenvalue weighted by Gasteiger charge is -2.15. The summed E-state index contributed by atoms with van der Waals surface area (Å²) in [4.78, 5) is 16.9. The number of aromatic nitrogens is 1. The molecule has 97 valence electrons. The van der Waals surface area contributed by atoms with Crippen LogP contribution in [-0.4, -0.2) is 41.8 Å². The minimum atomic E-state index is 0.385. The molecule has 1 aromatic heterocycles. The van der Waals surface area contributed by atoms with Crippen molar-refractivity contribution >= 4 is 22.9 Å². The van der Waals surface area contributed by atoms with E-state index in [1.54, 1.807) is 0 Å². The van der Waals surface area contributed by atoms with Crippen molar-refractivity contribution in [2.45, 2.75) is 12.5 Å². The Kier molecular flexibility index (Phi) is 3.42. The van der Waals surface area contributed by atoms with Crippen LogP contribution in [-0.2, 0) is 4.79 Å². The van der Waals surface area contributed by atoms with E-state index >= 15 is 0 Å². The third kappa shape index (κ3) is 2.74. The number of hydrogen-bond acceptors (Lipinski definition) is 4. The molecule has 4 nitrogen and oxygen atoms in total. The summed E-state index contributed by atoms with van der Waals surface area (Å²) in [5.41, 5.74) is 2.05. The summed E-state index contributed by atoms with van der Waals surface area (Å²) in [5.74, 6) is 0. The molecular weight excluding hydrogens is 238 g/mol. The lowest BCUT2D eigenvalue weighted by Crippen LogP contribution is -2.27. The molecule has 1 N–H and O–H groups in total. The third-order valence-electron chi connectivity index (χ3n) is 3.52. The van der Waals surface area contributed by atoms with E-state index < -0.39 is 0 Å². The summed E-state index contributed by atoms with van der Waals surface area (Å²) in [6, 6.07) is 10.6. The van der Waals surface area contributed by atoms with Crippen LogP contribution in [0.3, 0.4) is 0 Å². The molecule has 0 aliphatic carbocycles. The van der Waals surface area contributed by atoms with E-state index in [0.29, 0.717) is 12.6 Å². The van der Waals surface area contributed by atoms with Crippen molar-refractivity contribution in [3.05, 3.63) is 36.5 Å². The Morgan fingerprint density at radius 2 is 2.32 bits per heavy atom. The van der Waals surface area contributed by atoms with Crippen molar-refractivity contribution in [1.29, 1.82) is 0 Å². The second kappa shape index (κ2) is 5.36. The van der Waals surface area contributed by atoms with Gasteiger partial charge in [-0.2, -0.15) is 0 Å². The number of rotatable bonds is 4. The number of benzene rings is 1. The molecule has 1 radical (unpaired) electrons. The zero-order valence-electron chi connectivity index (χ0n) is 10.7. The van der Waals surface area contributed by atoms with Gasteiger partial charge in [-0.1, -0.05) is 18.2 Å². The van der Waals surface area contributed by atoms with Gasteiger partial charge in [-0.25, -0.2) is 0 Å². The number of hydrogen-bond donors (Lipinski definition) is 1. The Morgan fingerprint density at radius 1 is 1.42 bits per heavy atom. The number of likely N-dealkylation sites (tertiary alicyclic amines) is 1. The van der Waals surface area contributed by atoms with Crippen LogP contribution < -0.4 is 5.32 Å². The number of pyridine rings is 1. The molecule has 1 aliphatic heterocycles.